The molecule has 6 rings (SSSR count). The number of benzene rings is 2. The van der Waals surface area contributed by atoms with Gasteiger partial charge in [-0.1, -0.05) is 41.6 Å². The molecule has 4 heterocycles. The number of aromatic nitrogens is 5. The number of ether oxygens (including phenoxy) is 1. The first-order chi connectivity index (χ1) is 17.5. The highest BCUT2D eigenvalue weighted by molar-refractivity contribution is 6.09. The lowest BCUT2D eigenvalue weighted by molar-refractivity contribution is 0.0553. The summed E-state index contributed by atoms with van der Waals surface area (Å²) in [5.74, 6) is 0.450. The van der Waals surface area contributed by atoms with Gasteiger partial charge in [-0.3, -0.25) is 9.78 Å². The summed E-state index contributed by atoms with van der Waals surface area (Å²) in [5, 5.41) is 9.51. The number of carbonyl (C=O) groups is 1. The van der Waals surface area contributed by atoms with E-state index >= 15 is 0 Å². The van der Waals surface area contributed by atoms with Crippen molar-refractivity contribution in [1.82, 2.24) is 24.5 Å². The Balaban J connectivity index is 1.69. The minimum atomic E-state index is 0.0567. The van der Waals surface area contributed by atoms with Crippen LogP contribution in [0.3, 0.4) is 0 Å². The Hall–Kier alpha value is -3.84. The molecule has 1 atom stereocenters. The lowest BCUT2D eigenvalue weighted by Gasteiger charge is -2.33. The normalized spacial score (nSPS) is 15.5. The summed E-state index contributed by atoms with van der Waals surface area (Å²) in [6, 6.07) is 18.9. The molecule has 0 saturated carbocycles. The molecule has 0 N–H and O–H groups in total. The van der Waals surface area contributed by atoms with E-state index < -0.39 is 0 Å². The van der Waals surface area contributed by atoms with Crippen LogP contribution in [0.5, 0.6) is 0 Å². The van der Waals surface area contributed by atoms with Crippen LogP contribution in [0, 0.1) is 12.8 Å². The highest BCUT2D eigenvalue weighted by Crippen LogP contribution is 2.41. The number of hydrogen-bond acceptors (Lipinski definition) is 5. The van der Waals surface area contributed by atoms with Gasteiger partial charge >= 0.3 is 0 Å². The molecule has 1 aliphatic heterocycles. The van der Waals surface area contributed by atoms with Crippen LogP contribution in [0.1, 0.15) is 47.4 Å². The Morgan fingerprint density at radius 1 is 1.06 bits per heavy atom. The number of rotatable bonds is 5. The monoisotopic (exact) mass is 479 g/mol. The number of ketones is 1. The third kappa shape index (κ3) is 3.71. The number of carbonyl (C=O) groups excluding carboxylic acids is 1. The van der Waals surface area contributed by atoms with E-state index in [4.69, 9.17) is 9.72 Å². The first-order valence-corrected chi connectivity index (χ1v) is 12.5. The Kier molecular flexibility index (Phi) is 5.64. The maximum Gasteiger partial charge on any atom is 0.159 e. The summed E-state index contributed by atoms with van der Waals surface area (Å²) in [7, 11) is 1.91. The zero-order valence-corrected chi connectivity index (χ0v) is 20.8. The van der Waals surface area contributed by atoms with E-state index in [9.17, 15) is 4.79 Å². The molecule has 7 heteroatoms. The van der Waals surface area contributed by atoms with Crippen LogP contribution in [-0.4, -0.2) is 43.5 Å². The number of pyridine rings is 1. The molecule has 0 bridgehead atoms. The van der Waals surface area contributed by atoms with Crippen molar-refractivity contribution in [1.29, 1.82) is 0 Å². The van der Waals surface area contributed by atoms with Crippen molar-refractivity contribution in [2.75, 3.05) is 13.2 Å². The van der Waals surface area contributed by atoms with Gasteiger partial charge in [0, 0.05) is 43.0 Å². The fourth-order valence-corrected chi connectivity index (χ4v) is 5.72. The quantitative estimate of drug-likeness (QED) is 0.311. The summed E-state index contributed by atoms with van der Waals surface area (Å²) < 4.78 is 9.95. The molecular formula is C29H29N5O2. The minimum absolute atomic E-state index is 0.0567. The molecule has 182 valence electrons. The Morgan fingerprint density at radius 2 is 1.83 bits per heavy atom. The van der Waals surface area contributed by atoms with Gasteiger partial charge in [-0.2, -0.15) is 0 Å². The first-order valence-electron chi connectivity index (χ1n) is 12.5. The van der Waals surface area contributed by atoms with Gasteiger partial charge in [0.05, 0.1) is 34.0 Å². The van der Waals surface area contributed by atoms with Crippen LogP contribution in [0.25, 0.3) is 33.2 Å². The molecule has 1 fully saturated rings. The van der Waals surface area contributed by atoms with Crippen molar-refractivity contribution in [2.24, 2.45) is 13.0 Å². The average Bonchev–Trinajstić information content (AvgIpc) is 3.41. The molecule has 36 heavy (non-hydrogen) atoms. The van der Waals surface area contributed by atoms with Gasteiger partial charge in [-0.05, 0) is 56.4 Å². The van der Waals surface area contributed by atoms with Crippen molar-refractivity contribution in [3.8, 4) is 11.3 Å². The highest BCUT2D eigenvalue weighted by atomic mass is 16.5. The van der Waals surface area contributed by atoms with Gasteiger partial charge in [-0.15, -0.1) is 5.10 Å². The second-order valence-electron chi connectivity index (χ2n) is 9.70. The molecule has 1 saturated heterocycles. The maximum absolute atomic E-state index is 12.4. The summed E-state index contributed by atoms with van der Waals surface area (Å²) >= 11 is 0. The average molecular weight is 480 g/mol. The van der Waals surface area contributed by atoms with Gasteiger partial charge in [0.2, 0.25) is 0 Å². The Bertz CT molecular complexity index is 1560. The van der Waals surface area contributed by atoms with E-state index in [0.29, 0.717) is 11.5 Å². The molecule has 1 aliphatic rings. The number of Topliss-reactive ketones (excluding diaryl/α,β-unsaturated/α-hetero) is 1. The van der Waals surface area contributed by atoms with Gasteiger partial charge in [0.15, 0.2) is 5.78 Å². The number of fused-ring (bicyclic) bond motifs is 3. The zero-order chi connectivity index (χ0) is 24.8. The minimum Gasteiger partial charge on any atom is -0.381 e. The molecule has 0 unspecified atom stereocenters. The van der Waals surface area contributed by atoms with E-state index in [1.807, 2.05) is 38.4 Å². The number of aryl methyl sites for hydroxylation is 2. The SMILES string of the molecule is CC(=O)c1ccc2c3ncc(-c4c(C)nnn4C)cc3n([C@H](c3ccccc3)C3CCOCC3)c2c1. The maximum atomic E-state index is 12.4. The smallest absolute Gasteiger partial charge is 0.159 e. The van der Waals surface area contributed by atoms with Gasteiger partial charge in [0.25, 0.3) is 0 Å². The standard InChI is InChI=1S/C29H29N5O2/c1-18-28(33(3)32-31-18)23-16-26-27(30-17-23)24-10-9-22(19(2)35)15-25(24)34(26)29(20-7-5-4-6-8-20)21-11-13-36-14-12-21/h4-10,15-17,21,29H,11-14H2,1-3H3/t29-/m1/s1. The van der Waals surface area contributed by atoms with Gasteiger partial charge < -0.3 is 9.30 Å². The molecule has 7 nitrogen and oxygen atoms in total. The van der Waals surface area contributed by atoms with Crippen LogP contribution >= 0.6 is 0 Å². The Morgan fingerprint density at radius 3 is 2.53 bits per heavy atom. The molecule has 3 aromatic heterocycles. The molecular weight excluding hydrogens is 450 g/mol. The fraction of sp³-hybridized carbons (Fsp3) is 0.310. The second-order valence-corrected chi connectivity index (χ2v) is 9.70. The van der Waals surface area contributed by atoms with Gasteiger partial charge in [-0.25, -0.2) is 4.68 Å². The lowest BCUT2D eigenvalue weighted by Crippen LogP contribution is -2.27. The van der Waals surface area contributed by atoms with E-state index in [-0.39, 0.29) is 11.8 Å². The third-order valence-electron chi connectivity index (χ3n) is 7.45. The van der Waals surface area contributed by atoms with Crippen LogP contribution in [0.2, 0.25) is 0 Å². The lowest BCUT2D eigenvalue weighted by atomic mass is 9.86. The highest BCUT2D eigenvalue weighted by Gasteiger charge is 2.30. The Labute approximate surface area is 209 Å². The van der Waals surface area contributed by atoms with Crippen LogP contribution < -0.4 is 0 Å². The number of nitrogens with zero attached hydrogens (tertiary/aromatic N) is 5. The largest absolute Gasteiger partial charge is 0.381 e. The predicted molar refractivity (Wildman–Crippen MR) is 140 cm³/mol. The number of hydrogen-bond donors (Lipinski definition) is 0. The summed E-state index contributed by atoms with van der Waals surface area (Å²) in [4.78, 5) is 17.3. The van der Waals surface area contributed by atoms with E-state index in [0.717, 1.165) is 64.9 Å². The van der Waals surface area contributed by atoms with Crippen molar-refractivity contribution in [2.45, 2.75) is 32.7 Å². The third-order valence-corrected chi connectivity index (χ3v) is 7.45. The fourth-order valence-electron chi connectivity index (χ4n) is 5.72. The molecule has 0 amide bonds. The van der Waals surface area contributed by atoms with Gasteiger partial charge in [0.1, 0.15) is 0 Å². The van der Waals surface area contributed by atoms with Crippen molar-refractivity contribution in [3.05, 3.63) is 77.6 Å². The predicted octanol–water partition coefficient (Wildman–Crippen LogP) is 5.51. The van der Waals surface area contributed by atoms with E-state index in [1.54, 1.807) is 11.6 Å². The van der Waals surface area contributed by atoms with Crippen molar-refractivity contribution < 1.29 is 9.53 Å². The van der Waals surface area contributed by atoms with E-state index in [2.05, 4.69) is 51.3 Å². The molecule has 0 aliphatic carbocycles. The summed E-state index contributed by atoms with van der Waals surface area (Å²) in [6.07, 6.45) is 3.86. The first kappa shape index (κ1) is 22.6. The molecule has 0 radical (unpaired) electrons. The topological polar surface area (TPSA) is 74.8 Å². The van der Waals surface area contributed by atoms with Crippen LogP contribution in [0.15, 0.2) is 60.8 Å². The second kappa shape index (κ2) is 8.99. The van der Waals surface area contributed by atoms with E-state index in [1.165, 1.54) is 5.56 Å². The summed E-state index contributed by atoms with van der Waals surface area (Å²) in [6.45, 7) is 5.10. The van der Waals surface area contributed by atoms with Crippen LogP contribution in [0.4, 0.5) is 0 Å². The van der Waals surface area contributed by atoms with Crippen LogP contribution in [-0.2, 0) is 11.8 Å². The van der Waals surface area contributed by atoms with Crippen molar-refractivity contribution >= 4 is 27.7 Å². The summed E-state index contributed by atoms with van der Waals surface area (Å²) in [5.41, 5.74) is 7.76. The molecule has 5 aromatic rings. The molecule has 0 spiro atoms. The van der Waals surface area contributed by atoms with Crippen molar-refractivity contribution in [3.63, 3.8) is 0 Å². The zero-order valence-electron chi connectivity index (χ0n) is 20.8. The molecule has 2 aromatic carbocycles.